The van der Waals surface area contributed by atoms with Crippen LogP contribution in [-0.4, -0.2) is 55.3 Å². The molecule has 1 aliphatic heterocycles. The van der Waals surface area contributed by atoms with E-state index < -0.39 is 23.2 Å². The van der Waals surface area contributed by atoms with Crippen LogP contribution in [0.25, 0.3) is 22.3 Å². The Morgan fingerprint density at radius 1 is 0.976 bits per heavy atom. The van der Waals surface area contributed by atoms with Gasteiger partial charge < -0.3 is 20.7 Å². The van der Waals surface area contributed by atoms with Gasteiger partial charge in [0.05, 0.1) is 17.0 Å². The number of likely N-dealkylation sites (tertiary alicyclic amines) is 1. The summed E-state index contributed by atoms with van der Waals surface area (Å²) in [7, 11) is 0. The molecule has 0 aliphatic carbocycles. The van der Waals surface area contributed by atoms with Gasteiger partial charge in [-0.05, 0) is 70.0 Å². The number of nitrogen functional groups attached to an aromatic ring is 1. The molecule has 1 fully saturated rings. The highest BCUT2D eigenvalue weighted by atomic mass is 19.4. The zero-order valence-corrected chi connectivity index (χ0v) is 23.3. The molecule has 5 rings (SSSR count). The summed E-state index contributed by atoms with van der Waals surface area (Å²) in [5, 5.41) is 8.14. The first kappa shape index (κ1) is 28.8. The highest BCUT2D eigenvalue weighted by Gasteiger charge is 2.31. The SMILES string of the molecule is CC(C)(C)OC(=O)N1CCC(n2nc(-c3ccc(NC(=O)c4ccc(C(F)(F)F)cc4)cc3)c3c(N)ncnc32)CC1. The summed E-state index contributed by atoms with van der Waals surface area (Å²) in [4.78, 5) is 35.4. The van der Waals surface area contributed by atoms with Gasteiger partial charge in [-0.2, -0.15) is 18.3 Å². The number of fused-ring (bicyclic) bond motifs is 1. The van der Waals surface area contributed by atoms with Crippen molar-refractivity contribution >= 4 is 34.5 Å². The van der Waals surface area contributed by atoms with Crippen molar-refractivity contribution in [2.45, 2.75) is 51.4 Å². The molecule has 3 N–H and O–H groups in total. The number of carbonyl (C=O) groups is 2. The van der Waals surface area contributed by atoms with Crippen LogP contribution in [0, 0.1) is 0 Å². The standard InChI is InChI=1S/C29H30F3N7O3/c1-28(2,3)42-27(41)38-14-12-21(13-15-38)39-25-22(24(33)34-16-35-25)23(37-39)17-6-10-20(11-7-17)36-26(40)18-4-8-19(9-5-18)29(30,31)32/h4-11,16,21H,12-15H2,1-3H3,(H,36,40)(H2,33,34,35). The largest absolute Gasteiger partial charge is 0.444 e. The number of nitrogens with two attached hydrogens (primary N) is 1. The molecule has 220 valence electrons. The number of nitrogens with one attached hydrogen (secondary N) is 1. The van der Waals surface area contributed by atoms with E-state index in [1.54, 1.807) is 29.2 Å². The summed E-state index contributed by atoms with van der Waals surface area (Å²) in [6, 6.07) is 10.8. The minimum absolute atomic E-state index is 0.0310. The molecule has 2 aromatic carbocycles. The molecule has 2 aromatic heterocycles. The summed E-state index contributed by atoms with van der Waals surface area (Å²) in [5.74, 6) is -0.270. The van der Waals surface area contributed by atoms with Crippen LogP contribution in [0.5, 0.6) is 0 Å². The van der Waals surface area contributed by atoms with Gasteiger partial charge in [-0.25, -0.2) is 19.4 Å². The molecule has 0 spiro atoms. The lowest BCUT2D eigenvalue weighted by Crippen LogP contribution is -2.42. The van der Waals surface area contributed by atoms with Crippen molar-refractivity contribution in [2.24, 2.45) is 0 Å². The molecule has 0 unspecified atom stereocenters. The van der Waals surface area contributed by atoms with Crippen LogP contribution in [-0.2, 0) is 10.9 Å². The lowest BCUT2D eigenvalue weighted by Gasteiger charge is -2.33. The second-order valence-corrected chi connectivity index (χ2v) is 11.1. The maximum atomic E-state index is 12.8. The van der Waals surface area contributed by atoms with E-state index >= 15 is 0 Å². The normalized spacial score (nSPS) is 14.7. The first-order valence-corrected chi connectivity index (χ1v) is 13.4. The molecule has 0 radical (unpaired) electrons. The van der Waals surface area contributed by atoms with Crippen LogP contribution in [0.4, 0.5) is 29.5 Å². The Morgan fingerprint density at radius 2 is 1.62 bits per heavy atom. The maximum Gasteiger partial charge on any atom is 0.416 e. The van der Waals surface area contributed by atoms with E-state index in [4.69, 9.17) is 15.6 Å². The number of nitrogens with zero attached hydrogens (tertiary/aromatic N) is 5. The van der Waals surface area contributed by atoms with Gasteiger partial charge in [-0.3, -0.25) is 4.79 Å². The number of alkyl halides is 3. The predicted molar refractivity (Wildman–Crippen MR) is 151 cm³/mol. The Hall–Kier alpha value is -4.68. The fraction of sp³-hybridized carbons (Fsp3) is 0.345. The molecule has 3 heterocycles. The van der Waals surface area contributed by atoms with Crippen LogP contribution in [0.3, 0.4) is 0 Å². The molecule has 42 heavy (non-hydrogen) atoms. The van der Waals surface area contributed by atoms with E-state index in [9.17, 15) is 22.8 Å². The quantitative estimate of drug-likeness (QED) is 0.306. The smallest absolute Gasteiger partial charge is 0.416 e. The molecule has 13 heteroatoms. The summed E-state index contributed by atoms with van der Waals surface area (Å²) >= 11 is 0. The van der Waals surface area contributed by atoms with E-state index in [1.165, 1.54) is 6.33 Å². The first-order chi connectivity index (χ1) is 19.8. The summed E-state index contributed by atoms with van der Waals surface area (Å²) < 4.78 is 45.8. The topological polar surface area (TPSA) is 128 Å². The van der Waals surface area contributed by atoms with Gasteiger partial charge in [0.25, 0.3) is 5.91 Å². The Labute approximate surface area is 239 Å². The zero-order chi connectivity index (χ0) is 30.2. The molecule has 0 bridgehead atoms. The van der Waals surface area contributed by atoms with Gasteiger partial charge in [0.15, 0.2) is 5.65 Å². The highest BCUT2D eigenvalue weighted by Crippen LogP contribution is 2.35. The third-order valence-corrected chi connectivity index (χ3v) is 6.87. The van der Waals surface area contributed by atoms with E-state index in [2.05, 4.69) is 15.3 Å². The van der Waals surface area contributed by atoms with E-state index in [1.807, 2.05) is 25.5 Å². The summed E-state index contributed by atoms with van der Waals surface area (Å²) in [6.07, 6.45) is -2.14. The van der Waals surface area contributed by atoms with Gasteiger partial charge in [-0.1, -0.05) is 12.1 Å². The number of aromatic nitrogens is 4. The monoisotopic (exact) mass is 581 g/mol. The van der Waals surface area contributed by atoms with Crippen molar-refractivity contribution < 1.29 is 27.5 Å². The molecule has 2 amide bonds. The molecule has 0 saturated carbocycles. The molecule has 0 atom stereocenters. The molecule has 4 aromatic rings. The number of benzene rings is 2. The third-order valence-electron chi connectivity index (χ3n) is 6.87. The molecule has 10 nitrogen and oxygen atoms in total. The van der Waals surface area contributed by atoms with Crippen molar-refractivity contribution in [2.75, 3.05) is 24.1 Å². The van der Waals surface area contributed by atoms with Crippen LogP contribution >= 0.6 is 0 Å². The van der Waals surface area contributed by atoms with Crippen molar-refractivity contribution in [3.05, 3.63) is 66.0 Å². The van der Waals surface area contributed by atoms with Crippen LogP contribution in [0.2, 0.25) is 0 Å². The number of ether oxygens (including phenoxy) is 1. The van der Waals surface area contributed by atoms with E-state index in [-0.39, 0.29) is 23.5 Å². The maximum absolute atomic E-state index is 12.8. The van der Waals surface area contributed by atoms with Crippen LogP contribution in [0.15, 0.2) is 54.9 Å². The first-order valence-electron chi connectivity index (χ1n) is 13.4. The molecule has 1 saturated heterocycles. The van der Waals surface area contributed by atoms with Crippen LogP contribution in [0.1, 0.15) is 55.6 Å². The number of halogens is 3. The second-order valence-electron chi connectivity index (χ2n) is 11.1. The Bertz CT molecular complexity index is 1600. The van der Waals surface area contributed by atoms with Crippen LogP contribution < -0.4 is 11.1 Å². The Balaban J connectivity index is 1.34. The summed E-state index contributed by atoms with van der Waals surface area (Å²) in [6.45, 7) is 6.51. The average molecular weight is 582 g/mol. The number of piperidine rings is 1. The average Bonchev–Trinajstić information content (AvgIpc) is 3.33. The lowest BCUT2D eigenvalue weighted by molar-refractivity contribution is -0.137. The fourth-order valence-electron chi connectivity index (χ4n) is 4.80. The van der Waals surface area contributed by atoms with Gasteiger partial charge >= 0.3 is 12.3 Å². The Kier molecular flexibility index (Phi) is 7.52. The highest BCUT2D eigenvalue weighted by molar-refractivity contribution is 6.04. The van der Waals surface area contributed by atoms with Crippen molar-refractivity contribution in [1.82, 2.24) is 24.6 Å². The van der Waals surface area contributed by atoms with Crippen molar-refractivity contribution in [1.29, 1.82) is 0 Å². The number of hydrogen-bond acceptors (Lipinski definition) is 7. The second kappa shape index (κ2) is 11.0. The number of carbonyl (C=O) groups excluding carboxylic acids is 2. The number of hydrogen-bond donors (Lipinski definition) is 2. The Morgan fingerprint density at radius 3 is 2.21 bits per heavy atom. The molecular formula is C29H30F3N7O3. The van der Waals surface area contributed by atoms with E-state index in [0.29, 0.717) is 53.9 Å². The van der Waals surface area contributed by atoms with Crippen molar-refractivity contribution in [3.8, 4) is 11.3 Å². The van der Waals surface area contributed by atoms with Gasteiger partial charge in [0.2, 0.25) is 0 Å². The molecular weight excluding hydrogens is 551 g/mol. The van der Waals surface area contributed by atoms with Gasteiger partial charge in [0, 0.05) is 29.9 Å². The number of rotatable bonds is 4. The number of anilines is 2. The minimum atomic E-state index is -4.48. The summed E-state index contributed by atoms with van der Waals surface area (Å²) in [5.41, 5.74) is 7.25. The minimum Gasteiger partial charge on any atom is -0.444 e. The number of amides is 2. The van der Waals surface area contributed by atoms with Gasteiger partial charge in [-0.15, -0.1) is 0 Å². The van der Waals surface area contributed by atoms with E-state index in [0.717, 1.165) is 24.3 Å². The fourth-order valence-corrected chi connectivity index (χ4v) is 4.80. The predicted octanol–water partition coefficient (Wildman–Crippen LogP) is 5.92. The lowest BCUT2D eigenvalue weighted by atomic mass is 10.1. The molecule has 1 aliphatic rings. The van der Waals surface area contributed by atoms with Crippen molar-refractivity contribution in [3.63, 3.8) is 0 Å². The van der Waals surface area contributed by atoms with Gasteiger partial charge in [0.1, 0.15) is 23.4 Å². The zero-order valence-electron chi connectivity index (χ0n) is 23.3. The third kappa shape index (κ3) is 6.14.